The minimum Gasteiger partial charge on any atom is -0.393 e. The fourth-order valence-electron chi connectivity index (χ4n) is 4.29. The Kier molecular flexibility index (Phi) is 5.81. The van der Waals surface area contributed by atoms with Gasteiger partial charge in [-0.3, -0.25) is 4.98 Å². The summed E-state index contributed by atoms with van der Waals surface area (Å²) < 4.78 is 1.60. The van der Waals surface area contributed by atoms with Gasteiger partial charge in [-0.1, -0.05) is 6.92 Å². The van der Waals surface area contributed by atoms with E-state index in [9.17, 15) is 10.2 Å². The maximum Gasteiger partial charge on any atom is 0.171 e. The summed E-state index contributed by atoms with van der Waals surface area (Å²) in [4.78, 5) is 22.8. The molecule has 0 amide bonds. The molecule has 1 aliphatic rings. The van der Waals surface area contributed by atoms with Crippen molar-refractivity contribution in [2.75, 3.05) is 11.1 Å². The first-order valence-electron chi connectivity index (χ1n) is 11.7. The number of pyridine rings is 1. The first-order valence-corrected chi connectivity index (χ1v) is 11.7. The number of aliphatic hydroxyl groups is 2. The number of nitrogens with two attached hydrogens (primary N) is 1. The summed E-state index contributed by atoms with van der Waals surface area (Å²) in [6.07, 6.45) is 11.0. The van der Waals surface area contributed by atoms with E-state index < -0.39 is 5.60 Å². The van der Waals surface area contributed by atoms with Crippen molar-refractivity contribution in [3.8, 4) is 16.9 Å². The smallest absolute Gasteiger partial charge is 0.171 e. The summed E-state index contributed by atoms with van der Waals surface area (Å²) >= 11 is 0. The molecule has 11 heteroatoms. The third-order valence-electron chi connectivity index (χ3n) is 6.27. The fraction of sp³-hybridized carbons (Fsp3) is 0.417. The minimum absolute atomic E-state index is 0.151. The zero-order valence-electron chi connectivity index (χ0n) is 20.0. The van der Waals surface area contributed by atoms with E-state index in [2.05, 4.69) is 25.4 Å². The molecule has 0 bridgehead atoms. The molecule has 182 valence electrons. The number of hydrogen-bond donors (Lipinski definition) is 4. The minimum atomic E-state index is -1.08. The van der Waals surface area contributed by atoms with Crippen molar-refractivity contribution in [3.63, 3.8) is 0 Å². The average Bonchev–Trinajstić information content (AvgIpc) is 3.48. The number of aliphatic hydroxyl groups excluding tert-OH is 1. The van der Waals surface area contributed by atoms with E-state index in [0.717, 1.165) is 29.7 Å². The average molecular weight is 476 g/mol. The van der Waals surface area contributed by atoms with Crippen molar-refractivity contribution >= 4 is 22.7 Å². The van der Waals surface area contributed by atoms with E-state index in [0.29, 0.717) is 47.0 Å². The number of nitrogen functional groups attached to an aromatic ring is 1. The Morgan fingerprint density at radius 1 is 1.09 bits per heavy atom. The highest BCUT2D eigenvalue weighted by Gasteiger charge is 2.25. The topological polar surface area (TPSA) is 161 Å². The molecular weight excluding hydrogens is 446 g/mol. The first-order chi connectivity index (χ1) is 16.7. The fourth-order valence-corrected chi connectivity index (χ4v) is 4.29. The van der Waals surface area contributed by atoms with Crippen molar-refractivity contribution in [2.24, 2.45) is 0 Å². The zero-order chi connectivity index (χ0) is 24.7. The molecule has 2 atom stereocenters. The lowest BCUT2D eigenvalue weighted by Crippen LogP contribution is -2.19. The first kappa shape index (κ1) is 23.1. The maximum atomic E-state index is 10.1. The van der Waals surface area contributed by atoms with Crippen LogP contribution in [-0.2, 0) is 12.0 Å². The zero-order valence-corrected chi connectivity index (χ0v) is 20.0. The molecule has 0 aliphatic heterocycles. The number of fused-ring (bicyclic) bond motifs is 1. The lowest BCUT2D eigenvalue weighted by atomic mass is 10.1. The van der Waals surface area contributed by atoms with E-state index in [1.165, 1.54) is 6.20 Å². The van der Waals surface area contributed by atoms with Gasteiger partial charge in [0.2, 0.25) is 0 Å². The van der Waals surface area contributed by atoms with Gasteiger partial charge in [-0.25, -0.2) is 24.6 Å². The molecule has 0 radical (unpaired) electrons. The van der Waals surface area contributed by atoms with Gasteiger partial charge in [-0.15, -0.1) is 0 Å². The summed E-state index contributed by atoms with van der Waals surface area (Å²) in [6.45, 7) is 5.34. The second-order valence-corrected chi connectivity index (χ2v) is 9.43. The molecule has 4 aromatic rings. The maximum absolute atomic E-state index is 10.1. The Hall–Kier alpha value is -3.70. The molecule has 5 N–H and O–H groups in total. The summed E-state index contributed by atoms with van der Waals surface area (Å²) in [5.41, 5.74) is 9.06. The molecule has 5 rings (SSSR count). The molecule has 0 aromatic carbocycles. The van der Waals surface area contributed by atoms with Gasteiger partial charge in [-0.05, 0) is 39.5 Å². The van der Waals surface area contributed by atoms with E-state index in [1.54, 1.807) is 37.1 Å². The molecular formula is C24H29N9O2. The van der Waals surface area contributed by atoms with Crippen molar-refractivity contribution in [2.45, 2.75) is 64.2 Å². The van der Waals surface area contributed by atoms with Crippen LogP contribution in [0.25, 0.3) is 28.0 Å². The lowest BCUT2D eigenvalue weighted by molar-refractivity contribution is 0.0734. The van der Waals surface area contributed by atoms with Gasteiger partial charge < -0.3 is 21.3 Å². The molecule has 0 spiro atoms. The molecule has 0 saturated heterocycles. The summed E-state index contributed by atoms with van der Waals surface area (Å²) in [5, 5.41) is 27.9. The number of anilines is 2. The second kappa shape index (κ2) is 8.82. The van der Waals surface area contributed by atoms with Crippen LogP contribution in [0.2, 0.25) is 0 Å². The third kappa shape index (κ3) is 4.52. The van der Waals surface area contributed by atoms with Crippen LogP contribution in [0, 0.1) is 0 Å². The Morgan fingerprint density at radius 2 is 1.91 bits per heavy atom. The number of nitrogens with one attached hydrogen (secondary N) is 1. The predicted octanol–water partition coefficient (Wildman–Crippen LogP) is 2.36. The number of aryl methyl sites for hydroxylation is 1. The molecule has 1 fully saturated rings. The molecule has 35 heavy (non-hydrogen) atoms. The van der Waals surface area contributed by atoms with Crippen molar-refractivity contribution in [3.05, 3.63) is 42.4 Å². The number of hydrogen-bond acceptors (Lipinski definition) is 10. The second-order valence-electron chi connectivity index (χ2n) is 9.43. The molecule has 0 unspecified atom stereocenters. The quantitative estimate of drug-likeness (QED) is 0.326. The van der Waals surface area contributed by atoms with Crippen LogP contribution < -0.4 is 11.1 Å². The Bertz CT molecular complexity index is 1360. The summed E-state index contributed by atoms with van der Waals surface area (Å²) in [7, 11) is 0. The highest BCUT2D eigenvalue weighted by atomic mass is 16.3. The SMILES string of the molecule is CCc1nc2c(N)ncc(-c3cnn(-c4cnc(C(C)(C)O)cn4)c3)c2nc1N[C@@H]1CC[C@H](O)C1. The van der Waals surface area contributed by atoms with Gasteiger partial charge in [0, 0.05) is 29.6 Å². The lowest BCUT2D eigenvalue weighted by Gasteiger charge is -2.17. The molecule has 11 nitrogen and oxygen atoms in total. The predicted molar refractivity (Wildman–Crippen MR) is 132 cm³/mol. The summed E-state index contributed by atoms with van der Waals surface area (Å²) in [6, 6.07) is 0.151. The van der Waals surface area contributed by atoms with Crippen molar-refractivity contribution < 1.29 is 10.2 Å². The van der Waals surface area contributed by atoms with E-state index in [1.807, 2.05) is 13.1 Å². The standard InChI is InChI=1S/C24H29N9O2/c1-4-17-23(30-14-5-6-15(34)7-14)32-20-16(9-28-22(25)21(20)31-17)13-8-29-33(12-13)19-11-26-18(10-27-19)24(2,3)35/h8-12,14-15,34-35H,4-7H2,1-3H3,(H2,25,28)(H,30,32)/t14-,15+/m1/s1. The van der Waals surface area contributed by atoms with Crippen molar-refractivity contribution in [1.29, 1.82) is 0 Å². The van der Waals surface area contributed by atoms with E-state index >= 15 is 0 Å². The van der Waals surface area contributed by atoms with Gasteiger partial charge >= 0.3 is 0 Å². The van der Waals surface area contributed by atoms with Crippen LogP contribution >= 0.6 is 0 Å². The van der Waals surface area contributed by atoms with Crippen LogP contribution in [0.3, 0.4) is 0 Å². The van der Waals surface area contributed by atoms with Gasteiger partial charge in [0.1, 0.15) is 22.5 Å². The monoisotopic (exact) mass is 475 g/mol. The third-order valence-corrected chi connectivity index (χ3v) is 6.27. The normalized spacial score (nSPS) is 18.3. The largest absolute Gasteiger partial charge is 0.393 e. The Morgan fingerprint density at radius 3 is 2.57 bits per heavy atom. The Balaban J connectivity index is 1.53. The van der Waals surface area contributed by atoms with Crippen LogP contribution in [0.1, 0.15) is 51.4 Å². The van der Waals surface area contributed by atoms with E-state index in [4.69, 9.17) is 15.7 Å². The molecule has 4 aromatic heterocycles. The van der Waals surface area contributed by atoms with E-state index in [-0.39, 0.29) is 12.1 Å². The Labute approximate surface area is 202 Å². The van der Waals surface area contributed by atoms with Crippen LogP contribution in [0.5, 0.6) is 0 Å². The van der Waals surface area contributed by atoms with Crippen LogP contribution in [0.15, 0.2) is 31.0 Å². The molecule has 4 heterocycles. The molecule has 1 saturated carbocycles. The highest BCUT2D eigenvalue weighted by Crippen LogP contribution is 2.32. The number of rotatable bonds is 6. The van der Waals surface area contributed by atoms with Gasteiger partial charge in [0.15, 0.2) is 11.6 Å². The van der Waals surface area contributed by atoms with Crippen LogP contribution in [0.4, 0.5) is 11.6 Å². The number of nitrogens with zero attached hydrogens (tertiary/aromatic N) is 7. The van der Waals surface area contributed by atoms with Gasteiger partial charge in [0.25, 0.3) is 0 Å². The van der Waals surface area contributed by atoms with Gasteiger partial charge in [0.05, 0.1) is 36.1 Å². The number of aromatic nitrogens is 7. The van der Waals surface area contributed by atoms with Gasteiger partial charge in [-0.2, -0.15) is 5.10 Å². The highest BCUT2D eigenvalue weighted by molar-refractivity contribution is 5.96. The summed E-state index contributed by atoms with van der Waals surface area (Å²) in [5.74, 6) is 1.53. The molecule has 1 aliphatic carbocycles. The van der Waals surface area contributed by atoms with Crippen molar-refractivity contribution in [1.82, 2.24) is 34.7 Å². The van der Waals surface area contributed by atoms with Crippen LogP contribution in [-0.4, -0.2) is 57.1 Å².